The molecule has 1 N–H and O–H groups in total. The van der Waals surface area contributed by atoms with Crippen LogP contribution in [0.2, 0.25) is 0 Å². The number of rotatable bonds is 9. The van der Waals surface area contributed by atoms with Crippen LogP contribution in [0.4, 0.5) is 17.6 Å². The van der Waals surface area contributed by atoms with Crippen molar-refractivity contribution in [3.05, 3.63) is 12.7 Å². The Morgan fingerprint density at radius 1 is 1.32 bits per heavy atom. The third-order valence-corrected chi connectivity index (χ3v) is 3.19. The highest BCUT2D eigenvalue weighted by molar-refractivity contribution is 4.91. The normalized spacial score (nSPS) is 18.7. The molecule has 19 heavy (non-hydrogen) atoms. The lowest BCUT2D eigenvalue weighted by Crippen LogP contribution is -2.50. The fraction of sp³-hybridized carbons (Fsp3) is 0.846. The molecule has 0 aromatic heterocycles. The Morgan fingerprint density at radius 3 is 2.32 bits per heavy atom. The van der Waals surface area contributed by atoms with Crippen LogP contribution in [0.25, 0.3) is 0 Å². The minimum atomic E-state index is -4.98. The molecule has 0 spiro atoms. The van der Waals surface area contributed by atoms with Gasteiger partial charge in [0.05, 0.1) is 19.3 Å². The summed E-state index contributed by atoms with van der Waals surface area (Å²) < 4.78 is 57.0. The van der Waals surface area contributed by atoms with E-state index in [2.05, 4.69) is 6.58 Å². The van der Waals surface area contributed by atoms with Gasteiger partial charge < -0.3 is 9.84 Å². The van der Waals surface area contributed by atoms with Crippen molar-refractivity contribution in [2.45, 2.75) is 51.1 Å². The zero-order valence-corrected chi connectivity index (χ0v) is 11.3. The number of aliphatic hydroxyl groups excluding tert-OH is 1. The molecule has 114 valence electrons. The monoisotopic (exact) mass is 286 g/mol. The molecule has 0 aromatic rings. The third kappa shape index (κ3) is 5.48. The summed E-state index contributed by atoms with van der Waals surface area (Å²) >= 11 is 0. The maximum Gasteiger partial charge on any atom is 0.425 e. The maximum atomic E-state index is 14.0. The lowest BCUT2D eigenvalue weighted by molar-refractivity contribution is -0.263. The van der Waals surface area contributed by atoms with E-state index in [-0.39, 0.29) is 13.0 Å². The summed E-state index contributed by atoms with van der Waals surface area (Å²) in [6.07, 6.45) is -3.40. The minimum Gasteiger partial charge on any atom is -0.391 e. The van der Waals surface area contributed by atoms with E-state index in [1.54, 1.807) is 6.08 Å². The minimum absolute atomic E-state index is 0.0540. The summed E-state index contributed by atoms with van der Waals surface area (Å²) in [6.45, 7) is 4.75. The molecular weight excluding hydrogens is 264 g/mol. The molecule has 0 saturated carbocycles. The van der Waals surface area contributed by atoms with Crippen LogP contribution in [-0.2, 0) is 4.74 Å². The number of ether oxygens (including phenoxy) is 1. The fourth-order valence-corrected chi connectivity index (χ4v) is 1.56. The predicted molar refractivity (Wildman–Crippen MR) is 65.6 cm³/mol. The van der Waals surface area contributed by atoms with Crippen molar-refractivity contribution in [2.75, 3.05) is 13.2 Å². The average Bonchev–Trinajstić information content (AvgIpc) is 2.33. The molecule has 6 heteroatoms. The van der Waals surface area contributed by atoms with E-state index in [9.17, 15) is 22.7 Å². The summed E-state index contributed by atoms with van der Waals surface area (Å²) in [5, 5.41) is 9.40. The summed E-state index contributed by atoms with van der Waals surface area (Å²) in [4.78, 5) is 0. The van der Waals surface area contributed by atoms with Gasteiger partial charge in [0.25, 0.3) is 0 Å². The van der Waals surface area contributed by atoms with Gasteiger partial charge in [-0.15, -0.1) is 6.58 Å². The summed E-state index contributed by atoms with van der Waals surface area (Å²) in [7, 11) is 0. The van der Waals surface area contributed by atoms with Gasteiger partial charge in [0.15, 0.2) is 0 Å². The van der Waals surface area contributed by atoms with Crippen molar-refractivity contribution >= 4 is 0 Å². The molecule has 0 fully saturated rings. The van der Waals surface area contributed by atoms with Crippen molar-refractivity contribution in [1.29, 1.82) is 0 Å². The molecule has 0 heterocycles. The van der Waals surface area contributed by atoms with E-state index < -0.39 is 30.5 Å². The second-order valence-corrected chi connectivity index (χ2v) is 4.70. The van der Waals surface area contributed by atoms with Gasteiger partial charge in [-0.25, -0.2) is 4.39 Å². The fourth-order valence-electron chi connectivity index (χ4n) is 1.56. The molecule has 0 aliphatic carbocycles. The van der Waals surface area contributed by atoms with Crippen molar-refractivity contribution in [1.82, 2.24) is 0 Å². The second kappa shape index (κ2) is 7.85. The molecule has 3 unspecified atom stereocenters. The Hall–Kier alpha value is -0.620. The van der Waals surface area contributed by atoms with Crippen molar-refractivity contribution in [3.63, 3.8) is 0 Å². The van der Waals surface area contributed by atoms with Gasteiger partial charge in [0.2, 0.25) is 5.67 Å². The summed E-state index contributed by atoms with van der Waals surface area (Å²) in [6, 6.07) is 0. The first kappa shape index (κ1) is 18.4. The van der Waals surface area contributed by atoms with Gasteiger partial charge in [-0.1, -0.05) is 26.3 Å². The van der Waals surface area contributed by atoms with Crippen molar-refractivity contribution in [3.8, 4) is 0 Å². The zero-order chi connectivity index (χ0) is 15.1. The molecule has 0 bridgehead atoms. The van der Waals surface area contributed by atoms with Crippen LogP contribution in [0.5, 0.6) is 0 Å². The van der Waals surface area contributed by atoms with Gasteiger partial charge in [0.1, 0.15) is 0 Å². The van der Waals surface area contributed by atoms with E-state index in [1.165, 1.54) is 13.8 Å². The molecule has 0 aromatic carbocycles. The van der Waals surface area contributed by atoms with Crippen LogP contribution in [0.1, 0.15) is 33.1 Å². The number of alkyl halides is 4. The SMILES string of the molecule is C=CCCC(O)COCC(F)(C(C)CC)C(F)(F)F. The zero-order valence-electron chi connectivity index (χ0n) is 11.3. The highest BCUT2D eigenvalue weighted by atomic mass is 19.4. The Balaban J connectivity index is 4.41. The first-order valence-corrected chi connectivity index (χ1v) is 6.31. The number of hydrogen-bond donors (Lipinski definition) is 1. The van der Waals surface area contributed by atoms with Crippen molar-refractivity contribution in [2.24, 2.45) is 5.92 Å². The molecule has 0 amide bonds. The van der Waals surface area contributed by atoms with Crippen LogP contribution >= 0.6 is 0 Å². The second-order valence-electron chi connectivity index (χ2n) is 4.70. The summed E-state index contributed by atoms with van der Waals surface area (Å²) in [5.74, 6) is -1.20. The van der Waals surface area contributed by atoms with Crippen LogP contribution in [0, 0.1) is 5.92 Å². The average molecular weight is 286 g/mol. The molecule has 0 aliphatic heterocycles. The first-order valence-electron chi connectivity index (χ1n) is 6.31. The van der Waals surface area contributed by atoms with Gasteiger partial charge in [-0.05, 0) is 12.8 Å². The predicted octanol–water partition coefficient (Wildman–Crippen LogP) is 3.65. The number of halogens is 4. The van der Waals surface area contributed by atoms with Gasteiger partial charge in [-0.3, -0.25) is 0 Å². The number of hydrogen-bond acceptors (Lipinski definition) is 2. The van der Waals surface area contributed by atoms with E-state index in [1.807, 2.05) is 0 Å². The topological polar surface area (TPSA) is 29.5 Å². The summed E-state index contributed by atoms with van der Waals surface area (Å²) in [5.41, 5.74) is -3.38. The third-order valence-electron chi connectivity index (χ3n) is 3.19. The van der Waals surface area contributed by atoms with Crippen LogP contribution < -0.4 is 0 Å². The molecule has 0 aliphatic rings. The quantitative estimate of drug-likeness (QED) is 0.518. The highest BCUT2D eigenvalue weighted by Gasteiger charge is 2.59. The molecule has 0 saturated heterocycles. The largest absolute Gasteiger partial charge is 0.425 e. The molecule has 0 rings (SSSR count). The lowest BCUT2D eigenvalue weighted by atomic mass is 9.88. The Kier molecular flexibility index (Phi) is 7.59. The van der Waals surface area contributed by atoms with Crippen LogP contribution in [0.3, 0.4) is 0 Å². The molecule has 3 atom stereocenters. The first-order chi connectivity index (χ1) is 8.69. The van der Waals surface area contributed by atoms with E-state index in [4.69, 9.17) is 4.74 Å². The smallest absolute Gasteiger partial charge is 0.391 e. The highest BCUT2D eigenvalue weighted by Crippen LogP contribution is 2.41. The Labute approximate surface area is 111 Å². The number of aliphatic hydroxyl groups is 1. The Morgan fingerprint density at radius 2 is 1.89 bits per heavy atom. The lowest BCUT2D eigenvalue weighted by Gasteiger charge is -2.32. The van der Waals surface area contributed by atoms with Crippen molar-refractivity contribution < 1.29 is 27.4 Å². The van der Waals surface area contributed by atoms with Gasteiger partial charge in [0, 0.05) is 5.92 Å². The van der Waals surface area contributed by atoms with Gasteiger partial charge >= 0.3 is 6.18 Å². The molecule has 0 radical (unpaired) electrons. The van der Waals surface area contributed by atoms with Gasteiger partial charge in [-0.2, -0.15) is 13.2 Å². The van der Waals surface area contributed by atoms with Crippen LogP contribution in [-0.4, -0.2) is 36.3 Å². The van der Waals surface area contributed by atoms with Crippen LogP contribution in [0.15, 0.2) is 12.7 Å². The van der Waals surface area contributed by atoms with E-state index in [0.717, 1.165) is 0 Å². The molecular formula is C13H22F4O2. The van der Waals surface area contributed by atoms with E-state index >= 15 is 0 Å². The van der Waals surface area contributed by atoms with E-state index in [0.29, 0.717) is 12.8 Å². The Bertz CT molecular complexity index is 268. The number of allylic oxidation sites excluding steroid dienone is 1. The molecule has 2 nitrogen and oxygen atoms in total. The maximum absolute atomic E-state index is 14.0. The standard InChI is InChI=1S/C13H22F4O2/c1-4-6-7-11(18)8-19-9-12(14,10(3)5-2)13(15,16)17/h4,10-11,18H,1,5-9H2,2-3H3.